The number of methoxy groups -OCH3 is 1. The summed E-state index contributed by atoms with van der Waals surface area (Å²) in [6.45, 7) is -0.0900. The smallest absolute Gasteiger partial charge is 0.337 e. The van der Waals surface area contributed by atoms with Crippen molar-refractivity contribution in [3.05, 3.63) is 0 Å². The van der Waals surface area contributed by atoms with Crippen molar-refractivity contribution in [2.45, 2.75) is 18.7 Å². The lowest BCUT2D eigenvalue weighted by Crippen LogP contribution is -2.44. The molecule has 3 N–H and O–H groups in total. The fourth-order valence-electron chi connectivity index (χ4n) is 1.33. The highest BCUT2D eigenvalue weighted by molar-refractivity contribution is 5.78. The van der Waals surface area contributed by atoms with Gasteiger partial charge in [-0.25, -0.2) is 4.79 Å². The molecule has 1 fully saturated rings. The van der Waals surface area contributed by atoms with Crippen LogP contribution in [0.1, 0.15) is 6.42 Å². The maximum Gasteiger partial charge on any atom is 0.337 e. The van der Waals surface area contributed by atoms with E-state index in [4.69, 9.17) is 10.6 Å². The van der Waals surface area contributed by atoms with Gasteiger partial charge in [0.15, 0.2) is 6.10 Å². The zero-order valence-electron chi connectivity index (χ0n) is 8.73. The molecule has 1 aliphatic heterocycles. The van der Waals surface area contributed by atoms with E-state index in [9.17, 15) is 9.59 Å². The molecule has 7 heteroatoms. The van der Waals surface area contributed by atoms with Gasteiger partial charge in [0.25, 0.3) is 0 Å². The number of nitrogens with zero attached hydrogens (tertiary/aromatic N) is 1. The van der Waals surface area contributed by atoms with Crippen molar-refractivity contribution in [3.63, 3.8) is 0 Å². The second-order valence-corrected chi connectivity index (χ2v) is 3.19. The number of rotatable bonds is 3. The molecular formula is C8H15N3O4. The number of esters is 1. The third-order valence-electron chi connectivity index (χ3n) is 2.15. The number of hydrogen-bond donors (Lipinski definition) is 2. The first-order valence-corrected chi connectivity index (χ1v) is 4.55. The van der Waals surface area contributed by atoms with Crippen molar-refractivity contribution in [1.82, 2.24) is 10.4 Å². The van der Waals surface area contributed by atoms with Crippen LogP contribution in [0.15, 0.2) is 0 Å². The summed E-state index contributed by atoms with van der Waals surface area (Å²) in [6, 6.07) is 0. The summed E-state index contributed by atoms with van der Waals surface area (Å²) >= 11 is 0. The topological polar surface area (TPSA) is 93.9 Å². The van der Waals surface area contributed by atoms with E-state index in [1.165, 1.54) is 12.2 Å². The third kappa shape index (κ3) is 2.88. The van der Waals surface area contributed by atoms with E-state index in [0.29, 0.717) is 6.42 Å². The molecule has 2 atom stereocenters. The van der Waals surface area contributed by atoms with Gasteiger partial charge in [0.1, 0.15) is 6.17 Å². The average molecular weight is 217 g/mol. The highest BCUT2D eigenvalue weighted by Crippen LogP contribution is 2.18. The molecule has 0 aliphatic carbocycles. The van der Waals surface area contributed by atoms with E-state index in [1.807, 2.05) is 0 Å². The van der Waals surface area contributed by atoms with Crippen molar-refractivity contribution < 1.29 is 19.2 Å². The Labute approximate surface area is 87.4 Å². The van der Waals surface area contributed by atoms with Crippen molar-refractivity contribution in [3.8, 4) is 0 Å². The van der Waals surface area contributed by atoms with Crippen molar-refractivity contribution in [2.75, 3.05) is 20.7 Å². The van der Waals surface area contributed by atoms with E-state index >= 15 is 0 Å². The molecule has 1 saturated heterocycles. The van der Waals surface area contributed by atoms with Crippen LogP contribution in [-0.2, 0) is 19.2 Å². The summed E-state index contributed by atoms with van der Waals surface area (Å²) in [5.41, 5.74) is 5.15. The lowest BCUT2D eigenvalue weighted by molar-refractivity contribution is -0.180. The predicted octanol–water partition coefficient (Wildman–Crippen LogP) is -1.80. The fourth-order valence-corrected chi connectivity index (χ4v) is 1.33. The van der Waals surface area contributed by atoms with E-state index < -0.39 is 12.1 Å². The molecule has 7 nitrogen and oxygen atoms in total. The van der Waals surface area contributed by atoms with Gasteiger partial charge in [0, 0.05) is 13.5 Å². The Kier molecular flexibility index (Phi) is 4.01. The third-order valence-corrected chi connectivity index (χ3v) is 2.15. The van der Waals surface area contributed by atoms with Crippen LogP contribution in [0.2, 0.25) is 0 Å². The van der Waals surface area contributed by atoms with Gasteiger partial charge >= 0.3 is 5.97 Å². The van der Waals surface area contributed by atoms with E-state index in [1.54, 1.807) is 7.05 Å². The van der Waals surface area contributed by atoms with Gasteiger partial charge in [-0.15, -0.1) is 0 Å². The number of carbonyl (C=O) groups is 2. The number of ether oxygens (including phenoxy) is 1. The molecule has 0 saturated carbocycles. The summed E-state index contributed by atoms with van der Waals surface area (Å²) in [7, 11) is 2.92. The lowest BCUT2D eigenvalue weighted by Gasteiger charge is -2.17. The highest BCUT2D eigenvalue weighted by Gasteiger charge is 2.36. The average Bonchev–Trinajstić information content (AvgIpc) is 2.59. The molecule has 1 aliphatic rings. The molecule has 1 rings (SSSR count). The van der Waals surface area contributed by atoms with Crippen LogP contribution in [0.25, 0.3) is 0 Å². The maximum absolute atomic E-state index is 11.1. The van der Waals surface area contributed by atoms with E-state index in [0.717, 1.165) is 0 Å². The van der Waals surface area contributed by atoms with Crippen LogP contribution in [0.5, 0.6) is 0 Å². The minimum atomic E-state index is -0.664. The quantitative estimate of drug-likeness (QED) is 0.541. The second-order valence-electron chi connectivity index (χ2n) is 3.19. The van der Waals surface area contributed by atoms with E-state index in [2.05, 4.69) is 10.1 Å². The first-order valence-electron chi connectivity index (χ1n) is 4.55. The zero-order valence-corrected chi connectivity index (χ0v) is 8.73. The summed E-state index contributed by atoms with van der Waals surface area (Å²) in [6.07, 6.45) is -0.650. The summed E-state index contributed by atoms with van der Waals surface area (Å²) in [4.78, 5) is 27.3. The minimum Gasteiger partial charge on any atom is -0.467 e. The number of carbonyl (C=O) groups excluding carboxylic acids is 2. The van der Waals surface area contributed by atoms with Crippen molar-refractivity contribution >= 4 is 11.9 Å². The molecule has 0 radical (unpaired) electrons. The van der Waals surface area contributed by atoms with Crippen molar-refractivity contribution in [2.24, 2.45) is 5.73 Å². The second kappa shape index (κ2) is 5.06. The SMILES string of the molecule is COC(=O)[C@H]1C[C@@H](NC(=O)CN)N(C)O1. The van der Waals surface area contributed by atoms with Gasteiger partial charge in [-0.3, -0.25) is 9.63 Å². The maximum atomic E-state index is 11.1. The molecule has 0 bridgehead atoms. The standard InChI is InChI=1S/C8H15N3O4/c1-11-6(10-7(12)4-9)3-5(15-11)8(13)14-2/h5-6H,3-4,9H2,1-2H3,(H,10,12)/t5-,6+/m1/s1. The Bertz CT molecular complexity index is 258. The molecule has 1 amide bonds. The molecular weight excluding hydrogens is 202 g/mol. The van der Waals surface area contributed by atoms with Gasteiger partial charge in [-0.1, -0.05) is 0 Å². The largest absolute Gasteiger partial charge is 0.467 e. The van der Waals surface area contributed by atoms with Crippen LogP contribution >= 0.6 is 0 Å². The van der Waals surface area contributed by atoms with Gasteiger partial charge in [-0.2, -0.15) is 5.06 Å². The highest BCUT2D eigenvalue weighted by atomic mass is 16.7. The van der Waals surface area contributed by atoms with Gasteiger partial charge in [-0.05, 0) is 0 Å². The molecule has 86 valence electrons. The number of hydroxylamine groups is 2. The molecule has 0 unspecified atom stereocenters. The summed E-state index contributed by atoms with van der Waals surface area (Å²) < 4.78 is 4.53. The summed E-state index contributed by atoms with van der Waals surface area (Å²) in [5, 5.41) is 4.03. The first-order chi connectivity index (χ1) is 7.08. The molecule has 1 heterocycles. The van der Waals surface area contributed by atoms with Crippen LogP contribution in [0.4, 0.5) is 0 Å². The fraction of sp³-hybridized carbons (Fsp3) is 0.750. The molecule has 15 heavy (non-hydrogen) atoms. The van der Waals surface area contributed by atoms with Crippen LogP contribution in [0.3, 0.4) is 0 Å². The predicted molar refractivity (Wildman–Crippen MR) is 50.3 cm³/mol. The minimum absolute atomic E-state index is 0.0900. The van der Waals surface area contributed by atoms with Crippen LogP contribution in [0, 0.1) is 0 Å². The van der Waals surface area contributed by atoms with Crippen LogP contribution in [-0.4, -0.2) is 49.9 Å². The first kappa shape index (κ1) is 11.9. The zero-order chi connectivity index (χ0) is 11.4. The van der Waals surface area contributed by atoms with Crippen LogP contribution < -0.4 is 11.1 Å². The Morgan fingerprint density at radius 3 is 2.87 bits per heavy atom. The monoisotopic (exact) mass is 217 g/mol. The number of hydrogen-bond acceptors (Lipinski definition) is 6. The molecule has 0 aromatic heterocycles. The Hall–Kier alpha value is -1.18. The van der Waals surface area contributed by atoms with Gasteiger partial charge in [0.05, 0.1) is 13.7 Å². The molecule has 0 spiro atoms. The Morgan fingerprint density at radius 1 is 1.67 bits per heavy atom. The van der Waals surface area contributed by atoms with Gasteiger partial charge < -0.3 is 15.8 Å². The molecule has 0 aromatic carbocycles. The number of amides is 1. The van der Waals surface area contributed by atoms with Gasteiger partial charge in [0.2, 0.25) is 5.91 Å². The normalized spacial score (nSPS) is 26.3. The number of nitrogens with two attached hydrogens (primary N) is 1. The Balaban J connectivity index is 2.49. The molecule has 0 aromatic rings. The summed E-state index contributed by atoms with van der Waals surface area (Å²) in [5.74, 6) is -0.743. The lowest BCUT2D eigenvalue weighted by atomic mass is 10.2. The Morgan fingerprint density at radius 2 is 2.33 bits per heavy atom. The van der Waals surface area contributed by atoms with E-state index in [-0.39, 0.29) is 18.6 Å². The van der Waals surface area contributed by atoms with Crippen molar-refractivity contribution in [1.29, 1.82) is 0 Å². The number of nitrogens with one attached hydrogen (secondary N) is 1.